The van der Waals surface area contributed by atoms with Crippen LogP contribution in [0, 0.1) is 6.92 Å². The third kappa shape index (κ3) is 2.24. The number of rotatable bonds is 1. The summed E-state index contributed by atoms with van der Waals surface area (Å²) in [6.45, 7) is 2.03. The molecule has 3 rings (SSSR count). The van der Waals surface area contributed by atoms with Crippen LogP contribution in [-0.4, -0.2) is 5.78 Å². The van der Waals surface area contributed by atoms with Crippen LogP contribution in [0.1, 0.15) is 34.0 Å². The summed E-state index contributed by atoms with van der Waals surface area (Å²) in [5.41, 5.74) is 2.77. The van der Waals surface area contributed by atoms with Crippen LogP contribution in [0.3, 0.4) is 0 Å². The van der Waals surface area contributed by atoms with E-state index in [-0.39, 0.29) is 11.9 Å². The quantitative estimate of drug-likeness (QED) is 0.771. The molecule has 19 heavy (non-hydrogen) atoms. The number of fused-ring (bicyclic) bond motifs is 1. The average Bonchev–Trinajstić information content (AvgIpc) is 2.41. The highest BCUT2D eigenvalue weighted by Crippen LogP contribution is 2.39. The molecule has 0 spiro atoms. The first-order valence-electron chi connectivity index (χ1n) is 6.20. The van der Waals surface area contributed by atoms with Crippen molar-refractivity contribution in [3.05, 3.63) is 64.2 Å². The van der Waals surface area contributed by atoms with Gasteiger partial charge in [0.1, 0.15) is 11.9 Å². The number of hydrogen-bond acceptors (Lipinski definition) is 2. The van der Waals surface area contributed by atoms with E-state index in [1.54, 1.807) is 18.2 Å². The minimum atomic E-state index is -0.250. The second-order valence-electron chi connectivity index (χ2n) is 4.76. The van der Waals surface area contributed by atoms with Gasteiger partial charge in [-0.15, -0.1) is 0 Å². The van der Waals surface area contributed by atoms with E-state index in [9.17, 15) is 4.79 Å². The minimum absolute atomic E-state index is 0.0781. The van der Waals surface area contributed by atoms with E-state index in [1.807, 2.05) is 31.2 Å². The molecular weight excluding hydrogens is 260 g/mol. The van der Waals surface area contributed by atoms with Gasteiger partial charge in [-0.2, -0.15) is 0 Å². The fourth-order valence-corrected chi connectivity index (χ4v) is 2.50. The summed E-state index contributed by atoms with van der Waals surface area (Å²) in [4.78, 5) is 12.1. The van der Waals surface area contributed by atoms with Crippen molar-refractivity contribution in [2.45, 2.75) is 19.4 Å². The van der Waals surface area contributed by atoms with Crippen LogP contribution in [0.25, 0.3) is 0 Å². The number of hydrogen-bond donors (Lipinski definition) is 0. The van der Waals surface area contributed by atoms with Crippen molar-refractivity contribution in [1.82, 2.24) is 0 Å². The van der Waals surface area contributed by atoms with Crippen molar-refractivity contribution in [1.29, 1.82) is 0 Å². The van der Waals surface area contributed by atoms with Gasteiger partial charge in [0, 0.05) is 0 Å². The van der Waals surface area contributed by atoms with Gasteiger partial charge in [0.2, 0.25) is 0 Å². The summed E-state index contributed by atoms with van der Waals surface area (Å²) >= 11 is 6.11. The summed E-state index contributed by atoms with van der Waals surface area (Å²) in [5, 5.41) is 0.489. The van der Waals surface area contributed by atoms with E-state index in [2.05, 4.69) is 0 Å². The van der Waals surface area contributed by atoms with Gasteiger partial charge in [-0.05, 0) is 24.6 Å². The molecule has 0 saturated carbocycles. The Kier molecular flexibility index (Phi) is 3.03. The zero-order valence-corrected chi connectivity index (χ0v) is 11.3. The van der Waals surface area contributed by atoms with Gasteiger partial charge < -0.3 is 4.74 Å². The molecule has 0 aliphatic carbocycles. The molecule has 3 heteroatoms. The molecular formula is C16H13ClO2. The standard InChI is InChI=1S/C16H13ClO2/c1-10-5-7-11(8-6-10)15-9-14(18)12-3-2-4-13(17)16(12)19-15/h2-8,15H,9H2,1H3/t15-/m0/s1. The molecule has 2 nitrogen and oxygen atoms in total. The van der Waals surface area contributed by atoms with Crippen LogP contribution in [0.15, 0.2) is 42.5 Å². The molecule has 0 fully saturated rings. The number of benzene rings is 2. The molecule has 0 N–H and O–H groups in total. The third-order valence-corrected chi connectivity index (χ3v) is 3.65. The Morgan fingerprint density at radius 1 is 1.16 bits per heavy atom. The van der Waals surface area contributed by atoms with Crippen molar-refractivity contribution in [3.8, 4) is 5.75 Å². The van der Waals surface area contributed by atoms with Crippen molar-refractivity contribution >= 4 is 17.4 Å². The highest BCUT2D eigenvalue weighted by molar-refractivity contribution is 6.32. The third-order valence-electron chi connectivity index (χ3n) is 3.35. The number of ketones is 1. The molecule has 0 unspecified atom stereocenters. The Morgan fingerprint density at radius 3 is 2.63 bits per heavy atom. The Hall–Kier alpha value is -1.80. The highest BCUT2D eigenvalue weighted by atomic mass is 35.5. The van der Waals surface area contributed by atoms with Crippen LogP contribution >= 0.6 is 11.6 Å². The summed E-state index contributed by atoms with van der Waals surface area (Å²) in [6.07, 6.45) is 0.108. The average molecular weight is 273 g/mol. The molecule has 1 aliphatic heterocycles. The van der Waals surface area contributed by atoms with E-state index in [0.717, 1.165) is 5.56 Å². The molecule has 1 heterocycles. The molecule has 2 aromatic carbocycles. The Labute approximate surface area is 117 Å². The van der Waals surface area contributed by atoms with Crippen molar-refractivity contribution in [2.24, 2.45) is 0 Å². The van der Waals surface area contributed by atoms with Gasteiger partial charge in [0.05, 0.1) is 17.0 Å². The van der Waals surface area contributed by atoms with E-state index in [0.29, 0.717) is 22.8 Å². The smallest absolute Gasteiger partial charge is 0.170 e. The van der Waals surface area contributed by atoms with Crippen LogP contribution in [-0.2, 0) is 0 Å². The summed E-state index contributed by atoms with van der Waals surface area (Å²) in [5.74, 6) is 0.584. The lowest BCUT2D eigenvalue weighted by Gasteiger charge is -2.26. The highest BCUT2D eigenvalue weighted by Gasteiger charge is 2.28. The van der Waals surface area contributed by atoms with Gasteiger partial charge in [-0.25, -0.2) is 0 Å². The number of carbonyl (C=O) groups is 1. The fourth-order valence-electron chi connectivity index (χ4n) is 2.28. The van der Waals surface area contributed by atoms with Crippen LogP contribution in [0.2, 0.25) is 5.02 Å². The number of Topliss-reactive ketones (excluding diaryl/α,β-unsaturated/α-hetero) is 1. The molecule has 0 radical (unpaired) electrons. The van der Waals surface area contributed by atoms with Gasteiger partial charge in [0.15, 0.2) is 5.78 Å². The molecule has 2 aromatic rings. The SMILES string of the molecule is Cc1ccc([C@@H]2CC(=O)c3cccc(Cl)c3O2)cc1. The van der Waals surface area contributed by atoms with Gasteiger partial charge in [-0.1, -0.05) is 47.5 Å². The van der Waals surface area contributed by atoms with Crippen LogP contribution in [0.4, 0.5) is 0 Å². The van der Waals surface area contributed by atoms with E-state index >= 15 is 0 Å². The minimum Gasteiger partial charge on any atom is -0.483 e. The zero-order valence-electron chi connectivity index (χ0n) is 10.5. The topological polar surface area (TPSA) is 26.3 Å². The second kappa shape index (κ2) is 4.71. The Balaban J connectivity index is 1.99. The second-order valence-corrected chi connectivity index (χ2v) is 5.17. The number of ether oxygens (including phenoxy) is 1. The number of para-hydroxylation sites is 1. The van der Waals surface area contributed by atoms with Crippen LogP contribution < -0.4 is 4.74 Å². The van der Waals surface area contributed by atoms with Gasteiger partial charge in [-0.3, -0.25) is 4.79 Å². The molecule has 0 amide bonds. The number of aryl methyl sites for hydroxylation is 1. The Morgan fingerprint density at radius 2 is 1.89 bits per heavy atom. The Bertz CT molecular complexity index is 632. The predicted molar refractivity (Wildman–Crippen MR) is 74.9 cm³/mol. The monoisotopic (exact) mass is 272 g/mol. The van der Waals surface area contributed by atoms with Crippen LogP contribution in [0.5, 0.6) is 5.75 Å². The fraction of sp³-hybridized carbons (Fsp3) is 0.188. The largest absolute Gasteiger partial charge is 0.483 e. The van der Waals surface area contributed by atoms with E-state index in [4.69, 9.17) is 16.3 Å². The molecule has 1 atom stereocenters. The molecule has 0 bridgehead atoms. The normalized spacial score (nSPS) is 17.8. The summed E-state index contributed by atoms with van der Waals surface area (Å²) in [7, 11) is 0. The first kappa shape index (κ1) is 12.2. The molecule has 1 aliphatic rings. The number of carbonyl (C=O) groups excluding carboxylic acids is 1. The lowest BCUT2D eigenvalue weighted by atomic mass is 9.96. The zero-order chi connectivity index (χ0) is 13.4. The maximum Gasteiger partial charge on any atom is 0.170 e. The van der Waals surface area contributed by atoms with Crippen molar-refractivity contribution < 1.29 is 9.53 Å². The first-order valence-corrected chi connectivity index (χ1v) is 6.58. The maximum atomic E-state index is 12.1. The van der Waals surface area contributed by atoms with Crippen molar-refractivity contribution in [2.75, 3.05) is 0 Å². The number of halogens is 1. The lowest BCUT2D eigenvalue weighted by Crippen LogP contribution is -2.20. The first-order chi connectivity index (χ1) is 9.15. The molecule has 0 aromatic heterocycles. The molecule has 96 valence electrons. The maximum absolute atomic E-state index is 12.1. The van der Waals surface area contributed by atoms with E-state index < -0.39 is 0 Å². The lowest BCUT2D eigenvalue weighted by molar-refractivity contribution is 0.0850. The van der Waals surface area contributed by atoms with Crippen molar-refractivity contribution in [3.63, 3.8) is 0 Å². The summed E-state index contributed by atoms with van der Waals surface area (Å²) < 4.78 is 5.91. The summed E-state index contributed by atoms with van der Waals surface area (Å²) in [6, 6.07) is 13.3. The van der Waals surface area contributed by atoms with Gasteiger partial charge in [0.25, 0.3) is 0 Å². The van der Waals surface area contributed by atoms with E-state index in [1.165, 1.54) is 5.56 Å². The molecule has 0 saturated heterocycles. The predicted octanol–water partition coefficient (Wildman–Crippen LogP) is 4.35. The van der Waals surface area contributed by atoms with Gasteiger partial charge >= 0.3 is 0 Å².